The fourth-order valence-corrected chi connectivity index (χ4v) is 3.67. The van der Waals surface area contributed by atoms with Crippen LogP contribution in [0.25, 0.3) is 0 Å². The van der Waals surface area contributed by atoms with E-state index in [0.29, 0.717) is 6.61 Å². The van der Waals surface area contributed by atoms with E-state index in [4.69, 9.17) is 9.72 Å². The molecule has 0 spiro atoms. The van der Waals surface area contributed by atoms with Gasteiger partial charge in [-0.05, 0) is 30.4 Å². The fraction of sp³-hybridized carbons (Fsp3) is 0.529. The molecule has 122 valence electrons. The van der Waals surface area contributed by atoms with Crippen molar-refractivity contribution in [1.82, 2.24) is 14.9 Å². The molecule has 0 bridgehead atoms. The Bertz CT molecular complexity index is 629. The second-order valence-corrected chi connectivity index (χ2v) is 7.18. The maximum absolute atomic E-state index is 5.71. The highest BCUT2D eigenvalue weighted by Gasteiger charge is 2.27. The fourth-order valence-electron chi connectivity index (χ4n) is 2.90. The molecule has 1 saturated carbocycles. The number of aromatic nitrogens is 2. The van der Waals surface area contributed by atoms with Crippen LogP contribution in [0.2, 0.25) is 0 Å². The van der Waals surface area contributed by atoms with Crippen LogP contribution in [-0.4, -0.2) is 41.2 Å². The van der Waals surface area contributed by atoms with Gasteiger partial charge in [-0.15, -0.1) is 11.3 Å². The van der Waals surface area contributed by atoms with Crippen LogP contribution in [0.3, 0.4) is 0 Å². The van der Waals surface area contributed by atoms with Crippen LogP contribution in [0.5, 0.6) is 0 Å². The second kappa shape index (κ2) is 6.95. The topological polar surface area (TPSA) is 50.3 Å². The number of anilines is 1. The number of pyridine rings is 1. The van der Waals surface area contributed by atoms with Crippen molar-refractivity contribution < 1.29 is 4.74 Å². The summed E-state index contributed by atoms with van der Waals surface area (Å²) in [7, 11) is 0. The molecule has 0 aromatic carbocycles. The van der Waals surface area contributed by atoms with E-state index in [-0.39, 0.29) is 6.04 Å². The number of ether oxygens (including phenoxy) is 1. The number of nitrogens with one attached hydrogen (secondary N) is 1. The minimum atomic E-state index is 0.233. The molecule has 1 N–H and O–H groups in total. The Morgan fingerprint density at radius 3 is 3.17 bits per heavy atom. The summed E-state index contributed by atoms with van der Waals surface area (Å²) in [5.41, 5.74) is 2.36. The molecular formula is C17H22N4OS. The van der Waals surface area contributed by atoms with Crippen LogP contribution in [0.1, 0.15) is 30.1 Å². The van der Waals surface area contributed by atoms with Crippen molar-refractivity contribution in [1.29, 1.82) is 0 Å². The molecule has 4 rings (SSSR count). The number of hydrogen-bond donors (Lipinski definition) is 1. The average Bonchev–Trinajstić information content (AvgIpc) is 3.31. The van der Waals surface area contributed by atoms with Gasteiger partial charge < -0.3 is 10.1 Å². The van der Waals surface area contributed by atoms with Gasteiger partial charge in [0.15, 0.2) is 5.13 Å². The number of nitrogens with zero attached hydrogens (tertiary/aromatic N) is 3. The zero-order valence-corrected chi connectivity index (χ0v) is 14.0. The van der Waals surface area contributed by atoms with E-state index in [9.17, 15) is 0 Å². The number of hydrogen-bond acceptors (Lipinski definition) is 6. The molecule has 1 saturated heterocycles. The average molecular weight is 330 g/mol. The van der Waals surface area contributed by atoms with Crippen molar-refractivity contribution in [3.05, 3.63) is 41.2 Å². The molecule has 2 fully saturated rings. The minimum absolute atomic E-state index is 0.233. The van der Waals surface area contributed by atoms with E-state index in [1.54, 1.807) is 11.3 Å². The van der Waals surface area contributed by atoms with E-state index >= 15 is 0 Å². The first kappa shape index (κ1) is 15.1. The summed E-state index contributed by atoms with van der Waals surface area (Å²) in [4.78, 5) is 11.5. The quantitative estimate of drug-likeness (QED) is 0.882. The molecule has 2 aromatic rings. The van der Waals surface area contributed by atoms with Crippen LogP contribution in [0.15, 0.2) is 29.9 Å². The highest BCUT2D eigenvalue weighted by molar-refractivity contribution is 7.13. The molecular weight excluding hydrogens is 308 g/mol. The van der Waals surface area contributed by atoms with Gasteiger partial charge in [-0.25, -0.2) is 4.98 Å². The van der Waals surface area contributed by atoms with Gasteiger partial charge in [0.1, 0.15) is 0 Å². The molecule has 23 heavy (non-hydrogen) atoms. The van der Waals surface area contributed by atoms with Crippen molar-refractivity contribution in [2.24, 2.45) is 5.92 Å². The van der Waals surface area contributed by atoms with Gasteiger partial charge in [0.2, 0.25) is 0 Å². The van der Waals surface area contributed by atoms with Crippen LogP contribution < -0.4 is 5.32 Å². The van der Waals surface area contributed by atoms with E-state index in [2.05, 4.69) is 26.6 Å². The minimum Gasteiger partial charge on any atom is -0.378 e. The third-order valence-electron chi connectivity index (χ3n) is 4.45. The third-order valence-corrected chi connectivity index (χ3v) is 5.27. The first-order valence-corrected chi connectivity index (χ1v) is 9.16. The lowest BCUT2D eigenvalue weighted by Crippen LogP contribution is -2.39. The van der Waals surface area contributed by atoms with Gasteiger partial charge >= 0.3 is 0 Å². The normalized spacial score (nSPS) is 22.2. The largest absolute Gasteiger partial charge is 0.378 e. The molecule has 6 heteroatoms. The summed E-state index contributed by atoms with van der Waals surface area (Å²) in [6.07, 6.45) is 6.48. The SMILES string of the molecule is c1cncc(CN2CCOC[C@@H]2c2csc(NCC3CC3)n2)c1. The molecule has 3 heterocycles. The Labute approximate surface area is 140 Å². The van der Waals surface area contributed by atoms with Crippen LogP contribution in [-0.2, 0) is 11.3 Å². The Balaban J connectivity index is 1.44. The monoisotopic (exact) mass is 330 g/mol. The summed E-state index contributed by atoms with van der Waals surface area (Å²) < 4.78 is 5.71. The zero-order chi connectivity index (χ0) is 15.5. The number of rotatable bonds is 6. The lowest BCUT2D eigenvalue weighted by atomic mass is 10.1. The lowest BCUT2D eigenvalue weighted by molar-refractivity contribution is -0.0140. The summed E-state index contributed by atoms with van der Waals surface area (Å²) in [6, 6.07) is 4.35. The van der Waals surface area contributed by atoms with Crippen molar-refractivity contribution in [3.63, 3.8) is 0 Å². The predicted molar refractivity (Wildman–Crippen MR) is 91.5 cm³/mol. The van der Waals surface area contributed by atoms with Gasteiger partial charge in [0, 0.05) is 37.4 Å². The molecule has 0 radical (unpaired) electrons. The number of thiazole rings is 1. The Morgan fingerprint density at radius 2 is 2.35 bits per heavy atom. The maximum Gasteiger partial charge on any atom is 0.182 e. The van der Waals surface area contributed by atoms with Crippen molar-refractivity contribution >= 4 is 16.5 Å². The maximum atomic E-state index is 5.71. The molecule has 1 aliphatic heterocycles. The highest BCUT2D eigenvalue weighted by Crippen LogP contribution is 2.31. The summed E-state index contributed by atoms with van der Waals surface area (Å²) in [5.74, 6) is 0.863. The predicted octanol–water partition coefficient (Wildman–Crippen LogP) is 2.93. The third kappa shape index (κ3) is 3.88. The van der Waals surface area contributed by atoms with E-state index in [0.717, 1.165) is 43.0 Å². The Morgan fingerprint density at radius 1 is 1.39 bits per heavy atom. The molecule has 1 atom stereocenters. The van der Waals surface area contributed by atoms with Crippen molar-refractivity contribution in [2.75, 3.05) is 31.6 Å². The van der Waals surface area contributed by atoms with E-state index in [1.807, 2.05) is 18.5 Å². The molecule has 2 aromatic heterocycles. The summed E-state index contributed by atoms with van der Waals surface area (Å²) in [5, 5.41) is 6.68. The lowest BCUT2D eigenvalue weighted by Gasteiger charge is -2.34. The first-order chi connectivity index (χ1) is 11.4. The van der Waals surface area contributed by atoms with E-state index in [1.165, 1.54) is 18.4 Å². The summed E-state index contributed by atoms with van der Waals surface area (Å²) in [6.45, 7) is 4.39. The molecule has 0 unspecified atom stereocenters. The summed E-state index contributed by atoms with van der Waals surface area (Å²) >= 11 is 1.70. The Kier molecular flexibility index (Phi) is 4.55. The van der Waals surface area contributed by atoms with Crippen LogP contribution in [0, 0.1) is 5.92 Å². The smallest absolute Gasteiger partial charge is 0.182 e. The van der Waals surface area contributed by atoms with Gasteiger partial charge in [0.05, 0.1) is 24.9 Å². The second-order valence-electron chi connectivity index (χ2n) is 6.32. The van der Waals surface area contributed by atoms with Gasteiger partial charge in [0.25, 0.3) is 0 Å². The molecule has 2 aliphatic rings. The molecule has 1 aliphatic carbocycles. The van der Waals surface area contributed by atoms with Gasteiger partial charge in [-0.2, -0.15) is 0 Å². The standard InChI is InChI=1S/C17H22N4OS/c1-2-14(8-18-5-1)10-21-6-7-22-11-16(21)15-12-23-17(20-15)19-9-13-3-4-13/h1-2,5,8,12-13,16H,3-4,6-7,9-11H2,(H,19,20)/t16-/m1/s1. The van der Waals surface area contributed by atoms with Gasteiger partial charge in [-0.1, -0.05) is 6.07 Å². The highest BCUT2D eigenvalue weighted by atomic mass is 32.1. The molecule has 0 amide bonds. The van der Waals surface area contributed by atoms with Crippen molar-refractivity contribution in [3.8, 4) is 0 Å². The van der Waals surface area contributed by atoms with E-state index < -0.39 is 0 Å². The van der Waals surface area contributed by atoms with Crippen LogP contribution in [0.4, 0.5) is 5.13 Å². The Hall–Kier alpha value is -1.50. The molecule has 5 nitrogen and oxygen atoms in total. The number of morpholine rings is 1. The van der Waals surface area contributed by atoms with Crippen LogP contribution >= 0.6 is 11.3 Å². The van der Waals surface area contributed by atoms with Crippen molar-refractivity contribution in [2.45, 2.75) is 25.4 Å². The van der Waals surface area contributed by atoms with Gasteiger partial charge in [-0.3, -0.25) is 9.88 Å². The zero-order valence-electron chi connectivity index (χ0n) is 13.1. The first-order valence-electron chi connectivity index (χ1n) is 8.28.